The number of hydrogen-bond donors (Lipinski definition) is 0. The Balaban J connectivity index is 0.00000121. The van der Waals surface area contributed by atoms with E-state index in [0.29, 0.717) is 6.07 Å². The minimum atomic E-state index is -1.20. The monoisotopic (exact) mass is 307 g/mol. The molecular weight excluding hydrogens is 306 g/mol. The van der Waals surface area contributed by atoms with Gasteiger partial charge in [-0.3, -0.25) is 0 Å². The van der Waals surface area contributed by atoms with Crippen LogP contribution in [0.15, 0.2) is 6.07 Å². The Bertz CT molecular complexity index is 279. The molecule has 0 unspecified atom stereocenters. The van der Waals surface area contributed by atoms with Gasteiger partial charge in [0.2, 0.25) is 0 Å². The molecule has 0 heterocycles. The molecule has 1 aromatic carbocycles. The van der Waals surface area contributed by atoms with Crippen molar-refractivity contribution in [1.82, 2.24) is 0 Å². The molecule has 0 aliphatic heterocycles. The summed E-state index contributed by atoms with van der Waals surface area (Å²) in [5.74, 6) is -3.24. The predicted molar refractivity (Wildman–Crippen MR) is 50.2 cm³/mol. The summed E-state index contributed by atoms with van der Waals surface area (Å²) in [6, 6.07) is 0.618. The fraction of sp³-hybridized carbons (Fsp3) is 0. The molecular formula is C6HBF3IK. The van der Waals surface area contributed by atoms with Gasteiger partial charge in [0.25, 0.3) is 0 Å². The fourth-order valence-corrected chi connectivity index (χ4v) is 1.16. The number of rotatable bonds is 0. The molecule has 0 fully saturated rings. The molecule has 12 heavy (non-hydrogen) atoms. The van der Waals surface area contributed by atoms with Crippen LogP contribution in [0.25, 0.3) is 0 Å². The Morgan fingerprint density at radius 2 is 1.67 bits per heavy atom. The van der Waals surface area contributed by atoms with Crippen molar-refractivity contribution in [1.29, 1.82) is 0 Å². The minimum Gasteiger partial charge on any atom is -0.206 e. The first kappa shape index (κ1) is 13.4. The van der Waals surface area contributed by atoms with Gasteiger partial charge >= 0.3 is 0 Å². The molecule has 0 nitrogen and oxygen atoms in total. The summed E-state index contributed by atoms with van der Waals surface area (Å²) in [5, 5.41) is 0. The standard InChI is InChI=1S/C6HBF3I.K/c7-2-1-3(8)5(10)6(11)4(2)9;/h1H;. The van der Waals surface area contributed by atoms with E-state index in [-0.39, 0.29) is 56.8 Å². The van der Waals surface area contributed by atoms with Crippen molar-refractivity contribution < 1.29 is 13.2 Å². The summed E-state index contributed by atoms with van der Waals surface area (Å²) in [6.45, 7) is 0. The molecule has 6 heteroatoms. The molecule has 0 N–H and O–H groups in total. The Morgan fingerprint density at radius 3 is 2.17 bits per heavy atom. The first-order valence-corrected chi connectivity index (χ1v) is 3.70. The summed E-state index contributed by atoms with van der Waals surface area (Å²) >= 11 is 1.35. The molecule has 0 bridgehead atoms. The van der Waals surface area contributed by atoms with Crippen molar-refractivity contribution in [2.75, 3.05) is 0 Å². The van der Waals surface area contributed by atoms with Crippen LogP contribution in [0.5, 0.6) is 0 Å². The van der Waals surface area contributed by atoms with Gasteiger partial charge in [0.1, 0.15) is 13.7 Å². The van der Waals surface area contributed by atoms with Gasteiger partial charge in [0, 0.05) is 51.4 Å². The van der Waals surface area contributed by atoms with Crippen molar-refractivity contribution in [3.63, 3.8) is 0 Å². The quantitative estimate of drug-likeness (QED) is 0.292. The Hall–Kier alpha value is 1.44. The van der Waals surface area contributed by atoms with Gasteiger partial charge in [-0.25, -0.2) is 13.2 Å². The Labute approximate surface area is 125 Å². The smallest absolute Gasteiger partial charge is 0.175 e. The zero-order valence-corrected chi connectivity index (χ0v) is 11.4. The maximum atomic E-state index is 12.6. The van der Waals surface area contributed by atoms with Gasteiger partial charge in [0.15, 0.2) is 11.6 Å². The van der Waals surface area contributed by atoms with E-state index in [4.69, 9.17) is 7.85 Å². The molecule has 3 radical (unpaired) electrons. The van der Waals surface area contributed by atoms with Gasteiger partial charge < -0.3 is 0 Å². The van der Waals surface area contributed by atoms with Crippen LogP contribution in [-0.2, 0) is 0 Å². The SMILES string of the molecule is [B]c1cc(F)c(F)c(I)c1F.[K]. The van der Waals surface area contributed by atoms with E-state index >= 15 is 0 Å². The second-order valence-corrected chi connectivity index (χ2v) is 2.97. The van der Waals surface area contributed by atoms with Gasteiger partial charge in [-0.05, 0) is 28.7 Å². The summed E-state index contributed by atoms with van der Waals surface area (Å²) < 4.78 is 37.1. The first-order chi connectivity index (χ1) is 5.04. The molecule has 0 amide bonds. The summed E-state index contributed by atoms with van der Waals surface area (Å²) in [6.07, 6.45) is 0. The molecule has 0 aromatic heterocycles. The summed E-state index contributed by atoms with van der Waals surface area (Å²) in [5.41, 5.74) is -0.381. The number of halogens is 4. The average Bonchev–Trinajstić information content (AvgIpc) is 1.97. The van der Waals surface area contributed by atoms with Crippen molar-refractivity contribution in [2.24, 2.45) is 0 Å². The normalized spacial score (nSPS) is 9.33. The average molecular weight is 307 g/mol. The third kappa shape index (κ3) is 2.71. The molecule has 0 atom stereocenters. The molecule has 0 saturated carbocycles. The zero-order chi connectivity index (χ0) is 8.59. The predicted octanol–water partition coefficient (Wildman–Crippen LogP) is 1.12. The molecule has 57 valence electrons. The molecule has 0 spiro atoms. The van der Waals surface area contributed by atoms with Gasteiger partial charge in [-0.2, -0.15) is 0 Å². The minimum absolute atomic E-state index is 0. The molecule has 0 aliphatic rings. The van der Waals surface area contributed by atoms with Crippen LogP contribution in [0.3, 0.4) is 0 Å². The second-order valence-electron chi connectivity index (χ2n) is 1.89. The number of hydrogen-bond acceptors (Lipinski definition) is 0. The Kier molecular flexibility index (Phi) is 6.00. The fourth-order valence-electron chi connectivity index (χ4n) is 0.591. The van der Waals surface area contributed by atoms with Crippen molar-refractivity contribution >= 4 is 87.3 Å². The van der Waals surface area contributed by atoms with Crippen molar-refractivity contribution in [3.05, 3.63) is 27.1 Å². The van der Waals surface area contributed by atoms with E-state index in [0.717, 1.165) is 0 Å². The molecule has 1 aromatic rings. The van der Waals surface area contributed by atoms with Crippen LogP contribution in [0.1, 0.15) is 0 Å². The van der Waals surface area contributed by atoms with Crippen molar-refractivity contribution in [3.8, 4) is 0 Å². The van der Waals surface area contributed by atoms with E-state index in [1.165, 1.54) is 22.6 Å². The molecule has 1 rings (SSSR count). The van der Waals surface area contributed by atoms with E-state index in [1.807, 2.05) is 0 Å². The van der Waals surface area contributed by atoms with Crippen LogP contribution in [0, 0.1) is 21.0 Å². The first-order valence-electron chi connectivity index (χ1n) is 2.62. The van der Waals surface area contributed by atoms with E-state index < -0.39 is 21.0 Å². The van der Waals surface area contributed by atoms with Crippen molar-refractivity contribution in [2.45, 2.75) is 0 Å². The van der Waals surface area contributed by atoms with E-state index in [1.54, 1.807) is 0 Å². The maximum Gasteiger partial charge on any atom is 0.175 e. The van der Waals surface area contributed by atoms with Crippen LogP contribution in [-0.4, -0.2) is 59.2 Å². The summed E-state index contributed by atoms with van der Waals surface area (Å²) in [7, 11) is 5.00. The van der Waals surface area contributed by atoms with Gasteiger partial charge in [0.05, 0.1) is 3.57 Å². The van der Waals surface area contributed by atoms with Crippen LogP contribution in [0.4, 0.5) is 13.2 Å². The van der Waals surface area contributed by atoms with Crippen LogP contribution < -0.4 is 5.46 Å². The number of benzene rings is 1. The van der Waals surface area contributed by atoms with Gasteiger partial charge in [-0.15, -0.1) is 0 Å². The zero-order valence-electron chi connectivity index (χ0n) is 6.17. The van der Waals surface area contributed by atoms with Gasteiger partial charge in [-0.1, -0.05) is 5.46 Å². The summed E-state index contributed by atoms with van der Waals surface area (Å²) in [4.78, 5) is 0. The molecule has 0 aliphatic carbocycles. The van der Waals surface area contributed by atoms with Crippen LogP contribution in [0.2, 0.25) is 0 Å². The maximum absolute atomic E-state index is 12.6. The Morgan fingerprint density at radius 1 is 1.17 bits per heavy atom. The topological polar surface area (TPSA) is 0 Å². The van der Waals surface area contributed by atoms with Crippen LogP contribution >= 0.6 is 22.6 Å². The van der Waals surface area contributed by atoms with E-state index in [9.17, 15) is 13.2 Å². The third-order valence-corrected chi connectivity index (χ3v) is 2.08. The third-order valence-electron chi connectivity index (χ3n) is 1.13. The van der Waals surface area contributed by atoms with E-state index in [2.05, 4.69) is 0 Å². The largest absolute Gasteiger partial charge is 0.206 e. The second kappa shape index (κ2) is 5.35. The molecule has 0 saturated heterocycles.